The van der Waals surface area contributed by atoms with Gasteiger partial charge in [-0.1, -0.05) is 31.4 Å². The van der Waals surface area contributed by atoms with Crippen molar-refractivity contribution in [1.82, 2.24) is 0 Å². The van der Waals surface area contributed by atoms with Gasteiger partial charge in [0.1, 0.15) is 11.2 Å². The van der Waals surface area contributed by atoms with Gasteiger partial charge in [0, 0.05) is 0 Å². The van der Waals surface area contributed by atoms with E-state index in [1.165, 1.54) is 6.42 Å². The standard InChI is InChI=1S/C17H26O3/c1-16(2,17(19)8-4-3-5-9-17)20-15(18)14-11-12-6-7-13(14)10-12/h6-7,12-14,19H,3-5,8-11H2,1-2H3. The molecule has 0 aliphatic heterocycles. The van der Waals surface area contributed by atoms with Gasteiger partial charge in [-0.25, -0.2) is 0 Å². The molecule has 2 fully saturated rings. The van der Waals surface area contributed by atoms with Gasteiger partial charge in [-0.2, -0.15) is 0 Å². The number of hydrogen-bond acceptors (Lipinski definition) is 3. The number of rotatable bonds is 3. The van der Waals surface area contributed by atoms with Gasteiger partial charge in [0.05, 0.1) is 5.92 Å². The molecule has 0 saturated heterocycles. The van der Waals surface area contributed by atoms with Crippen LogP contribution in [0.1, 0.15) is 58.8 Å². The van der Waals surface area contributed by atoms with Crippen LogP contribution < -0.4 is 0 Å². The second kappa shape index (κ2) is 4.87. The molecule has 1 N–H and O–H groups in total. The molecule has 20 heavy (non-hydrogen) atoms. The summed E-state index contributed by atoms with van der Waals surface area (Å²) in [5.74, 6) is 0.838. The summed E-state index contributed by atoms with van der Waals surface area (Å²) in [7, 11) is 0. The lowest BCUT2D eigenvalue weighted by Gasteiger charge is -2.44. The lowest BCUT2D eigenvalue weighted by molar-refractivity contribution is -0.199. The Bertz CT molecular complexity index is 418. The third kappa shape index (κ3) is 2.30. The van der Waals surface area contributed by atoms with Crippen molar-refractivity contribution in [1.29, 1.82) is 0 Å². The highest BCUT2D eigenvalue weighted by Crippen LogP contribution is 2.45. The maximum Gasteiger partial charge on any atom is 0.310 e. The highest BCUT2D eigenvalue weighted by molar-refractivity contribution is 5.74. The van der Waals surface area contributed by atoms with Crippen molar-refractivity contribution in [2.45, 2.75) is 70.0 Å². The monoisotopic (exact) mass is 278 g/mol. The van der Waals surface area contributed by atoms with Gasteiger partial charge in [-0.15, -0.1) is 0 Å². The fourth-order valence-electron chi connectivity index (χ4n) is 4.21. The first-order chi connectivity index (χ1) is 9.41. The zero-order valence-corrected chi connectivity index (χ0v) is 12.6. The molecule has 3 aliphatic carbocycles. The van der Waals surface area contributed by atoms with Gasteiger partial charge in [-0.3, -0.25) is 4.79 Å². The van der Waals surface area contributed by atoms with Gasteiger partial charge >= 0.3 is 5.97 Å². The minimum atomic E-state index is -0.853. The predicted octanol–water partition coefficient (Wildman–Crippen LogP) is 3.22. The van der Waals surface area contributed by atoms with Crippen molar-refractivity contribution in [2.24, 2.45) is 17.8 Å². The summed E-state index contributed by atoms with van der Waals surface area (Å²) in [6, 6.07) is 0. The lowest BCUT2D eigenvalue weighted by atomic mass is 9.74. The molecule has 3 nitrogen and oxygen atoms in total. The predicted molar refractivity (Wildman–Crippen MR) is 77.0 cm³/mol. The summed E-state index contributed by atoms with van der Waals surface area (Å²) in [5.41, 5.74) is -1.63. The van der Waals surface area contributed by atoms with Crippen molar-refractivity contribution in [2.75, 3.05) is 0 Å². The van der Waals surface area contributed by atoms with Crippen molar-refractivity contribution in [3.05, 3.63) is 12.2 Å². The van der Waals surface area contributed by atoms with E-state index in [1.54, 1.807) is 0 Å². The number of carbonyl (C=O) groups excluding carboxylic acids is 1. The highest BCUT2D eigenvalue weighted by atomic mass is 16.6. The second-order valence-corrected chi connectivity index (χ2v) is 7.41. The molecule has 2 bridgehead atoms. The van der Waals surface area contributed by atoms with Crippen LogP contribution in [-0.2, 0) is 9.53 Å². The molecule has 0 aromatic rings. The first-order valence-electron chi connectivity index (χ1n) is 8.05. The van der Waals surface area contributed by atoms with E-state index >= 15 is 0 Å². The fourth-order valence-corrected chi connectivity index (χ4v) is 4.21. The van der Waals surface area contributed by atoms with Crippen molar-refractivity contribution in [3.63, 3.8) is 0 Å². The summed E-state index contributed by atoms with van der Waals surface area (Å²) in [4.78, 5) is 12.5. The van der Waals surface area contributed by atoms with Crippen molar-refractivity contribution >= 4 is 5.97 Å². The number of carbonyl (C=O) groups is 1. The molecular formula is C17H26O3. The van der Waals surface area contributed by atoms with Gasteiger partial charge < -0.3 is 9.84 Å². The first kappa shape index (κ1) is 14.1. The molecule has 112 valence electrons. The van der Waals surface area contributed by atoms with Gasteiger partial charge in [0.15, 0.2) is 0 Å². The quantitative estimate of drug-likeness (QED) is 0.637. The molecular weight excluding hydrogens is 252 g/mol. The van der Waals surface area contributed by atoms with Gasteiger partial charge in [0.25, 0.3) is 0 Å². The van der Waals surface area contributed by atoms with E-state index in [4.69, 9.17) is 4.74 Å². The van der Waals surface area contributed by atoms with Crippen LogP contribution in [0.25, 0.3) is 0 Å². The van der Waals surface area contributed by atoms with Crippen LogP contribution in [-0.4, -0.2) is 22.3 Å². The average Bonchev–Trinajstić information content (AvgIpc) is 3.01. The van der Waals surface area contributed by atoms with E-state index < -0.39 is 11.2 Å². The van der Waals surface area contributed by atoms with Gasteiger partial charge in [-0.05, 0) is 51.4 Å². The molecule has 2 saturated carbocycles. The Balaban J connectivity index is 1.66. The number of hydrogen-bond donors (Lipinski definition) is 1. The summed E-state index contributed by atoms with van der Waals surface area (Å²) in [6.07, 6.45) is 11.1. The SMILES string of the molecule is CC(C)(OC(=O)C1CC2C=CC1C2)C1(O)CCCCC1. The number of aliphatic hydroxyl groups is 1. The van der Waals surface area contributed by atoms with E-state index in [9.17, 15) is 9.90 Å². The zero-order valence-electron chi connectivity index (χ0n) is 12.6. The zero-order chi connectivity index (χ0) is 14.4. The Morgan fingerprint density at radius 1 is 1.20 bits per heavy atom. The maximum atomic E-state index is 12.5. The Morgan fingerprint density at radius 3 is 2.45 bits per heavy atom. The smallest absolute Gasteiger partial charge is 0.310 e. The summed E-state index contributed by atoms with van der Waals surface area (Å²) >= 11 is 0. The number of ether oxygens (including phenoxy) is 1. The third-order valence-electron chi connectivity index (χ3n) is 5.74. The molecule has 0 aromatic heterocycles. The minimum Gasteiger partial charge on any atom is -0.456 e. The van der Waals surface area contributed by atoms with Crippen LogP contribution in [0.4, 0.5) is 0 Å². The van der Waals surface area contributed by atoms with Crippen molar-refractivity contribution < 1.29 is 14.6 Å². The summed E-state index contributed by atoms with van der Waals surface area (Å²) in [6.45, 7) is 3.75. The Hall–Kier alpha value is -0.830. The molecule has 3 atom stereocenters. The number of esters is 1. The molecule has 0 radical (unpaired) electrons. The van der Waals surface area contributed by atoms with E-state index in [2.05, 4.69) is 12.2 Å². The minimum absolute atomic E-state index is 0.0106. The van der Waals surface area contributed by atoms with E-state index in [1.807, 2.05) is 13.8 Å². The van der Waals surface area contributed by atoms with Crippen LogP contribution in [0, 0.1) is 17.8 Å². The van der Waals surface area contributed by atoms with Crippen LogP contribution in [0.5, 0.6) is 0 Å². The van der Waals surface area contributed by atoms with Crippen molar-refractivity contribution in [3.8, 4) is 0 Å². The number of fused-ring (bicyclic) bond motifs is 2. The molecule has 0 amide bonds. The van der Waals surface area contributed by atoms with E-state index in [-0.39, 0.29) is 11.9 Å². The molecule has 3 aliphatic rings. The Morgan fingerprint density at radius 2 is 1.90 bits per heavy atom. The van der Waals surface area contributed by atoms with Crippen LogP contribution >= 0.6 is 0 Å². The normalized spacial score (nSPS) is 35.2. The maximum absolute atomic E-state index is 12.5. The molecule has 0 aromatic carbocycles. The fraction of sp³-hybridized carbons (Fsp3) is 0.824. The Kier molecular flexibility index (Phi) is 3.44. The summed E-state index contributed by atoms with van der Waals surface area (Å²) in [5, 5.41) is 10.8. The highest BCUT2D eigenvalue weighted by Gasteiger charge is 2.49. The second-order valence-electron chi connectivity index (χ2n) is 7.41. The van der Waals surface area contributed by atoms with Crippen LogP contribution in [0.2, 0.25) is 0 Å². The largest absolute Gasteiger partial charge is 0.456 e. The van der Waals surface area contributed by atoms with E-state index in [0.717, 1.165) is 38.5 Å². The molecule has 3 unspecified atom stereocenters. The molecule has 3 rings (SSSR count). The first-order valence-corrected chi connectivity index (χ1v) is 8.05. The third-order valence-corrected chi connectivity index (χ3v) is 5.74. The number of allylic oxidation sites excluding steroid dienone is 2. The molecule has 0 spiro atoms. The van der Waals surface area contributed by atoms with Crippen LogP contribution in [0.3, 0.4) is 0 Å². The van der Waals surface area contributed by atoms with Crippen LogP contribution in [0.15, 0.2) is 12.2 Å². The van der Waals surface area contributed by atoms with E-state index in [0.29, 0.717) is 11.8 Å². The average molecular weight is 278 g/mol. The Labute approximate surface area is 121 Å². The lowest BCUT2D eigenvalue weighted by Crippen LogP contribution is -2.54. The van der Waals surface area contributed by atoms with Gasteiger partial charge in [0.2, 0.25) is 0 Å². The summed E-state index contributed by atoms with van der Waals surface area (Å²) < 4.78 is 5.79. The molecule has 3 heteroatoms. The molecule has 0 heterocycles. The topological polar surface area (TPSA) is 46.5 Å².